The number of hydrogen-bond donors (Lipinski definition) is 4. The summed E-state index contributed by atoms with van der Waals surface area (Å²) >= 11 is 0. The van der Waals surface area contributed by atoms with Crippen molar-refractivity contribution in [3.63, 3.8) is 0 Å². The minimum absolute atomic E-state index is 0.0165. The number of guanidine groups is 1. The van der Waals surface area contributed by atoms with Crippen LogP contribution in [-0.4, -0.2) is 86.5 Å². The molecule has 0 bridgehead atoms. The van der Waals surface area contributed by atoms with Crippen molar-refractivity contribution in [2.24, 2.45) is 10.9 Å². The first-order valence-electron chi connectivity index (χ1n) is 9.16. The predicted octanol–water partition coefficient (Wildman–Crippen LogP) is -0.603. The third-order valence-corrected chi connectivity index (χ3v) is 3.83. The Morgan fingerprint density at radius 2 is 1.88 bits per heavy atom. The minimum atomic E-state index is -0.897. The van der Waals surface area contributed by atoms with Crippen LogP contribution in [0.3, 0.4) is 0 Å². The van der Waals surface area contributed by atoms with Crippen LogP contribution in [0.5, 0.6) is 0 Å². The zero-order valence-electron chi connectivity index (χ0n) is 16.1. The maximum absolute atomic E-state index is 11.5. The van der Waals surface area contributed by atoms with Crippen molar-refractivity contribution in [2.75, 3.05) is 59.0 Å². The Kier molecular flexibility index (Phi) is 9.77. The van der Waals surface area contributed by atoms with Gasteiger partial charge in [-0.15, -0.1) is 0 Å². The number of morpholine rings is 1. The lowest BCUT2D eigenvalue weighted by Gasteiger charge is -2.33. The number of rotatable bonds is 9. The molecule has 1 amide bonds. The van der Waals surface area contributed by atoms with Crippen LogP contribution in [0.4, 0.5) is 0 Å². The van der Waals surface area contributed by atoms with E-state index in [-0.39, 0.29) is 11.8 Å². The average Bonchev–Trinajstić information content (AvgIpc) is 2.56. The van der Waals surface area contributed by atoms with E-state index in [0.717, 1.165) is 19.6 Å². The quantitative estimate of drug-likeness (QED) is 0.250. The van der Waals surface area contributed by atoms with Crippen molar-refractivity contribution in [3.8, 4) is 0 Å². The van der Waals surface area contributed by atoms with E-state index in [4.69, 9.17) is 4.74 Å². The summed E-state index contributed by atoms with van der Waals surface area (Å²) in [4.78, 5) is 18.2. The smallest absolute Gasteiger partial charge is 0.222 e. The molecule has 1 fully saturated rings. The van der Waals surface area contributed by atoms with Crippen LogP contribution in [0.2, 0.25) is 0 Å². The third kappa shape index (κ3) is 9.62. The van der Waals surface area contributed by atoms with E-state index in [0.29, 0.717) is 45.4 Å². The summed E-state index contributed by atoms with van der Waals surface area (Å²) in [5.74, 6) is 0.665. The van der Waals surface area contributed by atoms with Gasteiger partial charge in [-0.3, -0.25) is 14.7 Å². The second-order valence-corrected chi connectivity index (χ2v) is 6.95. The summed E-state index contributed by atoms with van der Waals surface area (Å²) in [7, 11) is 0. The van der Waals surface area contributed by atoms with Crippen molar-refractivity contribution in [1.29, 1.82) is 0 Å². The largest absolute Gasteiger partial charge is 0.387 e. The summed E-state index contributed by atoms with van der Waals surface area (Å²) in [5, 5.41) is 19.8. The Morgan fingerprint density at radius 3 is 2.48 bits per heavy atom. The van der Waals surface area contributed by atoms with Crippen molar-refractivity contribution < 1.29 is 14.6 Å². The predicted molar refractivity (Wildman–Crippen MR) is 99.7 cm³/mol. The van der Waals surface area contributed by atoms with E-state index < -0.39 is 5.60 Å². The topological polar surface area (TPSA) is 98.2 Å². The molecular formula is C17H35N5O3. The molecule has 0 aromatic heterocycles. The zero-order chi connectivity index (χ0) is 18.7. The molecule has 1 unspecified atom stereocenters. The standard InChI is InChI=1S/C17H35N5O3/c1-5-18-16(20-7-6-19-15(23)14(2)3)21-12-17(4,24)13-22-8-10-25-11-9-22/h14,24H,5-13H2,1-4H3,(H,19,23)(H2,18,20,21). The lowest BCUT2D eigenvalue weighted by Crippen LogP contribution is -2.48. The van der Waals surface area contributed by atoms with E-state index in [9.17, 15) is 9.90 Å². The van der Waals surface area contributed by atoms with Gasteiger partial charge in [0, 0.05) is 45.2 Å². The van der Waals surface area contributed by atoms with Crippen LogP contribution in [0, 0.1) is 5.92 Å². The number of aliphatic imine (C=N–C) groups is 1. The van der Waals surface area contributed by atoms with Gasteiger partial charge in [0.1, 0.15) is 0 Å². The fraction of sp³-hybridized carbons (Fsp3) is 0.882. The molecule has 0 aromatic carbocycles. The number of carbonyl (C=O) groups excluding carboxylic acids is 1. The molecule has 1 atom stereocenters. The van der Waals surface area contributed by atoms with Gasteiger partial charge >= 0.3 is 0 Å². The molecule has 4 N–H and O–H groups in total. The second kappa shape index (κ2) is 11.3. The fourth-order valence-electron chi connectivity index (χ4n) is 2.45. The van der Waals surface area contributed by atoms with E-state index in [2.05, 4.69) is 25.8 Å². The molecule has 0 radical (unpaired) electrons. The van der Waals surface area contributed by atoms with Crippen LogP contribution >= 0.6 is 0 Å². The van der Waals surface area contributed by atoms with Crippen molar-refractivity contribution in [2.45, 2.75) is 33.3 Å². The van der Waals surface area contributed by atoms with E-state index in [1.807, 2.05) is 20.8 Å². The maximum atomic E-state index is 11.5. The highest BCUT2D eigenvalue weighted by molar-refractivity contribution is 5.80. The molecule has 8 heteroatoms. The Balaban J connectivity index is 2.40. The number of hydrogen-bond acceptors (Lipinski definition) is 5. The van der Waals surface area contributed by atoms with Crippen molar-refractivity contribution in [3.05, 3.63) is 0 Å². The van der Waals surface area contributed by atoms with Gasteiger partial charge in [0.15, 0.2) is 5.96 Å². The van der Waals surface area contributed by atoms with E-state index in [1.165, 1.54) is 0 Å². The SMILES string of the molecule is CCNC(=NCC(C)(O)CN1CCOCC1)NCCNC(=O)C(C)C. The number of β-amino-alcohol motifs (C(OH)–C–C–N with tert-alkyl or cyclic N) is 1. The molecule has 25 heavy (non-hydrogen) atoms. The van der Waals surface area contributed by atoms with Crippen LogP contribution < -0.4 is 16.0 Å². The molecule has 1 aliphatic rings. The van der Waals surface area contributed by atoms with Gasteiger partial charge in [0.25, 0.3) is 0 Å². The van der Waals surface area contributed by atoms with Crippen LogP contribution in [0.1, 0.15) is 27.7 Å². The maximum Gasteiger partial charge on any atom is 0.222 e. The molecular weight excluding hydrogens is 322 g/mol. The molecule has 1 aliphatic heterocycles. The van der Waals surface area contributed by atoms with Gasteiger partial charge in [0.05, 0.1) is 25.4 Å². The van der Waals surface area contributed by atoms with Gasteiger partial charge in [-0.1, -0.05) is 13.8 Å². The van der Waals surface area contributed by atoms with Crippen molar-refractivity contribution in [1.82, 2.24) is 20.9 Å². The number of carbonyl (C=O) groups is 1. The number of nitrogens with one attached hydrogen (secondary N) is 3. The van der Waals surface area contributed by atoms with Crippen molar-refractivity contribution >= 4 is 11.9 Å². The lowest BCUT2D eigenvalue weighted by atomic mass is 10.1. The van der Waals surface area contributed by atoms with Gasteiger partial charge in [-0.05, 0) is 13.8 Å². The zero-order valence-corrected chi connectivity index (χ0v) is 16.1. The molecule has 8 nitrogen and oxygen atoms in total. The van der Waals surface area contributed by atoms with Gasteiger partial charge < -0.3 is 25.8 Å². The van der Waals surface area contributed by atoms with Crippen LogP contribution in [-0.2, 0) is 9.53 Å². The average molecular weight is 357 g/mol. The summed E-state index contributed by atoms with van der Waals surface area (Å²) in [6.07, 6.45) is 0. The molecule has 0 saturated carbocycles. The Morgan fingerprint density at radius 1 is 1.24 bits per heavy atom. The summed E-state index contributed by atoms with van der Waals surface area (Å²) in [6, 6.07) is 0. The van der Waals surface area contributed by atoms with E-state index >= 15 is 0 Å². The fourth-order valence-corrected chi connectivity index (χ4v) is 2.45. The van der Waals surface area contributed by atoms with Crippen LogP contribution in [0.25, 0.3) is 0 Å². The lowest BCUT2D eigenvalue weighted by molar-refractivity contribution is -0.123. The molecule has 1 saturated heterocycles. The first kappa shape index (κ1) is 21.7. The monoisotopic (exact) mass is 357 g/mol. The first-order valence-corrected chi connectivity index (χ1v) is 9.16. The molecule has 1 rings (SSSR count). The summed E-state index contributed by atoms with van der Waals surface area (Å²) in [5.41, 5.74) is -0.897. The number of amides is 1. The highest BCUT2D eigenvalue weighted by atomic mass is 16.5. The Bertz CT molecular complexity index is 421. The third-order valence-electron chi connectivity index (χ3n) is 3.83. The van der Waals surface area contributed by atoms with Crippen LogP contribution in [0.15, 0.2) is 4.99 Å². The van der Waals surface area contributed by atoms with E-state index in [1.54, 1.807) is 6.92 Å². The Labute approximate surface area is 151 Å². The highest BCUT2D eigenvalue weighted by Crippen LogP contribution is 2.09. The number of aliphatic hydroxyl groups is 1. The molecule has 0 aliphatic carbocycles. The first-order chi connectivity index (χ1) is 11.8. The molecule has 0 spiro atoms. The number of nitrogens with zero attached hydrogens (tertiary/aromatic N) is 2. The molecule has 0 aromatic rings. The number of ether oxygens (including phenoxy) is 1. The molecule has 146 valence electrons. The van der Waals surface area contributed by atoms with Gasteiger partial charge in [-0.2, -0.15) is 0 Å². The second-order valence-electron chi connectivity index (χ2n) is 6.95. The summed E-state index contributed by atoms with van der Waals surface area (Å²) in [6.45, 7) is 13.4. The summed E-state index contributed by atoms with van der Waals surface area (Å²) < 4.78 is 5.33. The minimum Gasteiger partial charge on any atom is -0.387 e. The highest BCUT2D eigenvalue weighted by Gasteiger charge is 2.25. The normalized spacial score (nSPS) is 18.7. The Hall–Kier alpha value is -1.38. The van der Waals surface area contributed by atoms with Gasteiger partial charge in [-0.25, -0.2) is 0 Å². The van der Waals surface area contributed by atoms with Gasteiger partial charge in [0.2, 0.25) is 5.91 Å². The molecule has 1 heterocycles.